The van der Waals surface area contributed by atoms with Gasteiger partial charge in [0.1, 0.15) is 11.0 Å². The molecule has 1 amide bonds. The first-order valence-electron chi connectivity index (χ1n) is 6.57. The van der Waals surface area contributed by atoms with Crippen molar-refractivity contribution in [3.8, 4) is 0 Å². The van der Waals surface area contributed by atoms with Crippen molar-refractivity contribution < 1.29 is 4.79 Å². The van der Waals surface area contributed by atoms with E-state index in [-0.39, 0.29) is 12.3 Å². The van der Waals surface area contributed by atoms with Crippen molar-refractivity contribution in [2.45, 2.75) is 25.2 Å². The lowest BCUT2D eigenvalue weighted by Gasteiger charge is -2.05. The molecule has 4 nitrogen and oxygen atoms in total. The molecule has 0 bridgehead atoms. The summed E-state index contributed by atoms with van der Waals surface area (Å²) in [7, 11) is 0. The molecule has 1 fully saturated rings. The molecule has 3 rings (SSSR count). The second kappa shape index (κ2) is 5.59. The molecule has 0 atom stereocenters. The van der Waals surface area contributed by atoms with E-state index in [1.807, 2.05) is 18.3 Å². The Morgan fingerprint density at radius 2 is 2.05 bits per heavy atom. The first kappa shape index (κ1) is 13.1. The fraction of sp³-hybridized carbons (Fsp3) is 0.267. The highest BCUT2D eigenvalue weighted by Gasteiger charge is 2.23. The van der Waals surface area contributed by atoms with Crippen LogP contribution >= 0.6 is 11.6 Å². The number of nitrogens with one attached hydrogen (secondary N) is 1. The Hall–Kier alpha value is -1.94. The molecule has 1 aliphatic rings. The van der Waals surface area contributed by atoms with Gasteiger partial charge in [0.2, 0.25) is 5.91 Å². The third-order valence-corrected chi connectivity index (χ3v) is 3.48. The van der Waals surface area contributed by atoms with Gasteiger partial charge < -0.3 is 5.32 Å². The summed E-state index contributed by atoms with van der Waals surface area (Å²) in [5, 5.41) is 3.20. The Bertz CT molecular complexity index is 606. The Morgan fingerprint density at radius 1 is 1.20 bits per heavy atom. The SMILES string of the molecule is O=C(Cc1ccc(Cl)nc1)Nc1ccc(C2CC2)cn1. The normalized spacial score (nSPS) is 14.1. The Morgan fingerprint density at radius 3 is 2.65 bits per heavy atom. The van der Waals surface area contributed by atoms with Crippen molar-refractivity contribution in [2.75, 3.05) is 5.32 Å². The van der Waals surface area contributed by atoms with Gasteiger partial charge in [-0.25, -0.2) is 9.97 Å². The van der Waals surface area contributed by atoms with Crippen molar-refractivity contribution in [1.29, 1.82) is 0 Å². The van der Waals surface area contributed by atoms with Gasteiger partial charge in [-0.15, -0.1) is 0 Å². The summed E-state index contributed by atoms with van der Waals surface area (Å²) in [5.74, 6) is 1.15. The van der Waals surface area contributed by atoms with Crippen LogP contribution in [0.3, 0.4) is 0 Å². The number of amides is 1. The quantitative estimate of drug-likeness (QED) is 0.879. The minimum absolute atomic E-state index is 0.110. The van der Waals surface area contributed by atoms with Crippen LogP contribution in [0.25, 0.3) is 0 Å². The van der Waals surface area contributed by atoms with Gasteiger partial charge in [-0.3, -0.25) is 4.79 Å². The van der Waals surface area contributed by atoms with E-state index < -0.39 is 0 Å². The number of rotatable bonds is 4. The maximum absolute atomic E-state index is 11.9. The van der Waals surface area contributed by atoms with Crippen LogP contribution in [0, 0.1) is 0 Å². The molecule has 0 spiro atoms. The standard InChI is InChI=1S/C15H14ClN3O/c16-13-5-1-10(8-17-13)7-15(20)19-14-6-4-12(9-18-14)11-2-3-11/h1,4-6,8-9,11H,2-3,7H2,(H,18,19,20). The highest BCUT2D eigenvalue weighted by Crippen LogP contribution is 2.39. The first-order valence-corrected chi connectivity index (χ1v) is 6.95. The lowest BCUT2D eigenvalue weighted by atomic mass is 10.2. The summed E-state index contributed by atoms with van der Waals surface area (Å²) in [5.41, 5.74) is 2.08. The zero-order valence-electron chi connectivity index (χ0n) is 10.8. The molecule has 5 heteroatoms. The van der Waals surface area contributed by atoms with Crippen molar-refractivity contribution in [3.05, 3.63) is 52.9 Å². The summed E-state index contributed by atoms with van der Waals surface area (Å²) < 4.78 is 0. The average molecular weight is 288 g/mol. The maximum Gasteiger partial charge on any atom is 0.230 e. The van der Waals surface area contributed by atoms with Gasteiger partial charge in [-0.05, 0) is 42.0 Å². The lowest BCUT2D eigenvalue weighted by Crippen LogP contribution is -2.15. The summed E-state index contributed by atoms with van der Waals surface area (Å²) in [6.07, 6.45) is 6.20. The fourth-order valence-electron chi connectivity index (χ4n) is 2.02. The molecule has 1 aliphatic carbocycles. The van der Waals surface area contributed by atoms with Gasteiger partial charge in [-0.2, -0.15) is 0 Å². The molecule has 0 aromatic carbocycles. The second-order valence-electron chi connectivity index (χ2n) is 4.97. The molecule has 0 aliphatic heterocycles. The smallest absolute Gasteiger partial charge is 0.230 e. The number of anilines is 1. The van der Waals surface area contributed by atoms with Crippen LogP contribution in [0.1, 0.15) is 29.9 Å². The third-order valence-electron chi connectivity index (χ3n) is 3.26. The van der Waals surface area contributed by atoms with Gasteiger partial charge >= 0.3 is 0 Å². The van der Waals surface area contributed by atoms with Crippen LogP contribution in [0.5, 0.6) is 0 Å². The van der Waals surface area contributed by atoms with Gasteiger partial charge in [0.15, 0.2) is 0 Å². The van der Waals surface area contributed by atoms with Gasteiger partial charge in [0, 0.05) is 12.4 Å². The van der Waals surface area contributed by atoms with Crippen molar-refractivity contribution >= 4 is 23.3 Å². The van der Waals surface area contributed by atoms with E-state index in [4.69, 9.17) is 11.6 Å². The van der Waals surface area contributed by atoms with Crippen LogP contribution in [0.15, 0.2) is 36.7 Å². The van der Waals surface area contributed by atoms with E-state index in [1.165, 1.54) is 18.4 Å². The Kier molecular flexibility index (Phi) is 3.65. The lowest BCUT2D eigenvalue weighted by molar-refractivity contribution is -0.115. The van der Waals surface area contributed by atoms with E-state index in [0.717, 1.165) is 5.56 Å². The van der Waals surface area contributed by atoms with Crippen LogP contribution in [0.2, 0.25) is 5.15 Å². The van der Waals surface area contributed by atoms with Crippen LogP contribution in [-0.2, 0) is 11.2 Å². The van der Waals surface area contributed by atoms with Crippen molar-refractivity contribution in [3.63, 3.8) is 0 Å². The highest BCUT2D eigenvalue weighted by molar-refractivity contribution is 6.29. The molecule has 102 valence electrons. The fourth-order valence-corrected chi connectivity index (χ4v) is 2.13. The molecular formula is C15H14ClN3O. The van der Waals surface area contributed by atoms with E-state index in [2.05, 4.69) is 15.3 Å². The molecular weight excluding hydrogens is 274 g/mol. The zero-order valence-corrected chi connectivity index (χ0v) is 11.6. The Labute approximate surface area is 122 Å². The summed E-state index contributed by atoms with van der Waals surface area (Å²) in [6.45, 7) is 0. The van der Waals surface area contributed by atoms with E-state index in [0.29, 0.717) is 16.9 Å². The monoisotopic (exact) mass is 287 g/mol. The molecule has 1 saturated carbocycles. The van der Waals surface area contributed by atoms with Gasteiger partial charge in [0.25, 0.3) is 0 Å². The second-order valence-corrected chi connectivity index (χ2v) is 5.35. The number of carbonyl (C=O) groups is 1. The van der Waals surface area contributed by atoms with E-state index in [1.54, 1.807) is 18.3 Å². The third kappa shape index (κ3) is 3.33. The topological polar surface area (TPSA) is 54.9 Å². The minimum Gasteiger partial charge on any atom is -0.310 e. The molecule has 2 aromatic rings. The molecule has 20 heavy (non-hydrogen) atoms. The first-order chi connectivity index (χ1) is 9.70. The molecule has 0 saturated heterocycles. The number of hydrogen-bond acceptors (Lipinski definition) is 3. The summed E-state index contributed by atoms with van der Waals surface area (Å²) >= 11 is 5.70. The molecule has 0 unspecified atom stereocenters. The zero-order chi connectivity index (χ0) is 13.9. The summed E-state index contributed by atoms with van der Waals surface area (Å²) in [4.78, 5) is 20.1. The number of carbonyl (C=O) groups excluding carboxylic acids is 1. The minimum atomic E-state index is -0.110. The largest absolute Gasteiger partial charge is 0.310 e. The predicted molar refractivity (Wildman–Crippen MR) is 77.8 cm³/mol. The highest BCUT2D eigenvalue weighted by atomic mass is 35.5. The molecule has 1 N–H and O–H groups in total. The van der Waals surface area contributed by atoms with Crippen molar-refractivity contribution in [1.82, 2.24) is 9.97 Å². The van der Waals surface area contributed by atoms with Crippen LogP contribution in [0.4, 0.5) is 5.82 Å². The van der Waals surface area contributed by atoms with Crippen LogP contribution in [-0.4, -0.2) is 15.9 Å². The number of aromatic nitrogens is 2. The van der Waals surface area contributed by atoms with Crippen LogP contribution < -0.4 is 5.32 Å². The number of halogens is 1. The van der Waals surface area contributed by atoms with Crippen molar-refractivity contribution in [2.24, 2.45) is 0 Å². The molecule has 0 radical (unpaired) electrons. The maximum atomic E-state index is 11.9. The van der Waals surface area contributed by atoms with Gasteiger partial charge in [-0.1, -0.05) is 23.7 Å². The van der Waals surface area contributed by atoms with E-state index >= 15 is 0 Å². The average Bonchev–Trinajstić information content (AvgIpc) is 3.27. The van der Waals surface area contributed by atoms with Gasteiger partial charge in [0.05, 0.1) is 6.42 Å². The van der Waals surface area contributed by atoms with E-state index in [9.17, 15) is 4.79 Å². The molecule has 2 aromatic heterocycles. The number of hydrogen-bond donors (Lipinski definition) is 1. The predicted octanol–water partition coefficient (Wildman–Crippen LogP) is 3.19. The number of pyridine rings is 2. The Balaban J connectivity index is 1.59. The number of nitrogens with zero attached hydrogens (tertiary/aromatic N) is 2. The molecule has 2 heterocycles. The summed E-state index contributed by atoms with van der Waals surface area (Å²) in [6, 6.07) is 7.35.